The van der Waals surface area contributed by atoms with E-state index in [1.165, 1.54) is 5.56 Å². The van der Waals surface area contributed by atoms with E-state index >= 15 is 0 Å². The number of hydrogen-bond donors (Lipinski definition) is 2. The lowest BCUT2D eigenvalue weighted by atomic mass is 9.98. The number of nitrogens with two attached hydrogens (primary N) is 1. The number of aromatic nitrogens is 1. The largest absolute Gasteiger partial charge is 0.370 e. The molecule has 4 rings (SSSR count). The minimum atomic E-state index is -0.142. The maximum atomic E-state index is 13.4. The minimum absolute atomic E-state index is 0.142. The molecule has 160 valence electrons. The summed E-state index contributed by atoms with van der Waals surface area (Å²) >= 11 is 0. The molecule has 1 aromatic heterocycles. The summed E-state index contributed by atoms with van der Waals surface area (Å²) in [7, 11) is 0. The zero-order valence-corrected chi connectivity index (χ0v) is 18.5. The smallest absolute Gasteiger partial charge is 0.259 e. The molecule has 1 fully saturated rings. The number of piperidine rings is 1. The molecule has 3 aromatic rings. The van der Waals surface area contributed by atoms with E-state index in [0.717, 1.165) is 59.6 Å². The standard InChI is InChI=1S/C26H30N4O/c1-17-4-6-20(7-5-17)23-15-28-16-24(25(23)30-10-8-21(27)9-11-30)26(31)29-22-13-18(2)12-19(3)14-22/h4-7,12-16,21H,8-11,27H2,1-3H3,(H,29,31). The molecule has 0 atom stereocenters. The number of aryl methyl sites for hydroxylation is 3. The van der Waals surface area contributed by atoms with Crippen molar-refractivity contribution in [1.29, 1.82) is 0 Å². The molecule has 1 amide bonds. The van der Waals surface area contributed by atoms with Crippen LogP contribution in [0.15, 0.2) is 54.9 Å². The van der Waals surface area contributed by atoms with E-state index in [4.69, 9.17) is 5.73 Å². The first-order valence-corrected chi connectivity index (χ1v) is 10.9. The topological polar surface area (TPSA) is 71.2 Å². The number of nitrogens with zero attached hydrogens (tertiary/aromatic N) is 2. The Hall–Kier alpha value is -3.18. The molecule has 1 saturated heterocycles. The number of rotatable bonds is 4. The fourth-order valence-electron chi connectivity index (χ4n) is 4.27. The summed E-state index contributed by atoms with van der Waals surface area (Å²) in [6.45, 7) is 7.79. The number of nitrogens with one attached hydrogen (secondary N) is 1. The highest BCUT2D eigenvalue weighted by Gasteiger charge is 2.25. The van der Waals surface area contributed by atoms with Gasteiger partial charge >= 0.3 is 0 Å². The molecule has 1 aliphatic rings. The third-order valence-corrected chi connectivity index (χ3v) is 5.86. The van der Waals surface area contributed by atoms with Gasteiger partial charge in [0.05, 0.1) is 11.3 Å². The van der Waals surface area contributed by atoms with Crippen LogP contribution in [0.4, 0.5) is 11.4 Å². The van der Waals surface area contributed by atoms with Gasteiger partial charge in [0.1, 0.15) is 0 Å². The van der Waals surface area contributed by atoms with Gasteiger partial charge in [0.2, 0.25) is 0 Å². The van der Waals surface area contributed by atoms with Crippen LogP contribution >= 0.6 is 0 Å². The number of carbonyl (C=O) groups is 1. The van der Waals surface area contributed by atoms with E-state index in [1.54, 1.807) is 6.20 Å². The summed E-state index contributed by atoms with van der Waals surface area (Å²) < 4.78 is 0. The summed E-state index contributed by atoms with van der Waals surface area (Å²) in [6.07, 6.45) is 5.36. The monoisotopic (exact) mass is 414 g/mol. The van der Waals surface area contributed by atoms with E-state index in [1.807, 2.05) is 32.2 Å². The average Bonchev–Trinajstić information content (AvgIpc) is 2.74. The Morgan fingerprint density at radius 3 is 2.26 bits per heavy atom. The number of carbonyl (C=O) groups excluding carboxylic acids is 1. The molecule has 5 nitrogen and oxygen atoms in total. The summed E-state index contributed by atoms with van der Waals surface area (Å²) in [5.74, 6) is -0.142. The second-order valence-corrected chi connectivity index (χ2v) is 8.60. The fraction of sp³-hybridized carbons (Fsp3) is 0.308. The van der Waals surface area contributed by atoms with Crippen molar-refractivity contribution >= 4 is 17.3 Å². The molecular formula is C26H30N4O. The second-order valence-electron chi connectivity index (χ2n) is 8.60. The normalized spacial score (nSPS) is 14.5. The predicted molar refractivity (Wildman–Crippen MR) is 128 cm³/mol. The molecule has 2 heterocycles. The Balaban J connectivity index is 1.76. The Kier molecular flexibility index (Phi) is 6.05. The molecule has 0 radical (unpaired) electrons. The van der Waals surface area contributed by atoms with Gasteiger partial charge in [0.25, 0.3) is 5.91 Å². The molecule has 0 unspecified atom stereocenters. The molecule has 0 aliphatic carbocycles. The van der Waals surface area contributed by atoms with E-state index in [0.29, 0.717) is 5.56 Å². The first-order valence-electron chi connectivity index (χ1n) is 10.9. The van der Waals surface area contributed by atoms with Crippen molar-refractivity contribution in [3.63, 3.8) is 0 Å². The number of anilines is 2. The maximum Gasteiger partial charge on any atom is 0.259 e. The van der Waals surface area contributed by atoms with Gasteiger partial charge in [-0.15, -0.1) is 0 Å². The summed E-state index contributed by atoms with van der Waals surface area (Å²) in [4.78, 5) is 20.1. The lowest BCUT2D eigenvalue weighted by Crippen LogP contribution is -2.40. The highest BCUT2D eigenvalue weighted by Crippen LogP contribution is 2.35. The van der Waals surface area contributed by atoms with Gasteiger partial charge in [0.15, 0.2) is 0 Å². The predicted octanol–water partition coefficient (Wildman–Crippen LogP) is 4.85. The first kappa shape index (κ1) is 21.1. The van der Waals surface area contributed by atoms with E-state index in [-0.39, 0.29) is 11.9 Å². The van der Waals surface area contributed by atoms with Crippen molar-refractivity contribution < 1.29 is 4.79 Å². The molecule has 0 bridgehead atoms. The highest BCUT2D eigenvalue weighted by atomic mass is 16.1. The highest BCUT2D eigenvalue weighted by molar-refractivity contribution is 6.10. The summed E-state index contributed by atoms with van der Waals surface area (Å²) in [5, 5.41) is 3.09. The third kappa shape index (κ3) is 4.78. The van der Waals surface area contributed by atoms with Gasteiger partial charge in [-0.05, 0) is 62.4 Å². The maximum absolute atomic E-state index is 13.4. The SMILES string of the molecule is Cc1ccc(-c2cncc(C(=O)Nc3cc(C)cc(C)c3)c2N2CCC(N)CC2)cc1. The van der Waals surface area contributed by atoms with Gasteiger partial charge in [-0.25, -0.2) is 0 Å². The molecule has 31 heavy (non-hydrogen) atoms. The van der Waals surface area contributed by atoms with Gasteiger partial charge < -0.3 is 16.0 Å². The van der Waals surface area contributed by atoms with Crippen LogP contribution in [0.5, 0.6) is 0 Å². The molecule has 1 aliphatic heterocycles. The van der Waals surface area contributed by atoms with Crippen molar-refractivity contribution in [2.24, 2.45) is 5.73 Å². The van der Waals surface area contributed by atoms with Crippen LogP contribution in [-0.4, -0.2) is 30.0 Å². The Bertz CT molecular complexity index is 1060. The zero-order valence-electron chi connectivity index (χ0n) is 18.5. The van der Waals surface area contributed by atoms with E-state index in [9.17, 15) is 4.79 Å². The minimum Gasteiger partial charge on any atom is -0.370 e. The number of hydrogen-bond acceptors (Lipinski definition) is 4. The molecule has 5 heteroatoms. The van der Waals surface area contributed by atoms with Crippen LogP contribution in [-0.2, 0) is 0 Å². The summed E-state index contributed by atoms with van der Waals surface area (Å²) in [5.41, 5.74) is 13.9. The summed E-state index contributed by atoms with van der Waals surface area (Å²) in [6, 6.07) is 14.7. The number of amides is 1. The van der Waals surface area contributed by atoms with Gasteiger partial charge in [-0.3, -0.25) is 9.78 Å². The average molecular weight is 415 g/mol. The third-order valence-electron chi connectivity index (χ3n) is 5.86. The molecule has 0 saturated carbocycles. The van der Waals surface area contributed by atoms with Crippen molar-refractivity contribution in [3.05, 3.63) is 77.1 Å². The van der Waals surface area contributed by atoms with Crippen LogP contribution in [0.2, 0.25) is 0 Å². The Morgan fingerprint density at radius 1 is 0.968 bits per heavy atom. The molecule has 3 N–H and O–H groups in total. The van der Waals surface area contributed by atoms with Crippen LogP contribution in [0, 0.1) is 20.8 Å². The molecule has 0 spiro atoms. The Morgan fingerprint density at radius 2 is 1.61 bits per heavy atom. The van der Waals surface area contributed by atoms with E-state index in [2.05, 4.69) is 52.5 Å². The number of benzene rings is 2. The fourth-order valence-corrected chi connectivity index (χ4v) is 4.27. The van der Waals surface area contributed by atoms with Crippen molar-refractivity contribution in [2.75, 3.05) is 23.3 Å². The quantitative estimate of drug-likeness (QED) is 0.640. The lowest BCUT2D eigenvalue weighted by Gasteiger charge is -2.34. The Labute approximate surface area is 184 Å². The van der Waals surface area contributed by atoms with Crippen molar-refractivity contribution in [1.82, 2.24) is 4.98 Å². The van der Waals surface area contributed by atoms with Crippen LogP contribution in [0.1, 0.15) is 39.9 Å². The van der Waals surface area contributed by atoms with Crippen LogP contribution in [0.3, 0.4) is 0 Å². The number of pyridine rings is 1. The van der Waals surface area contributed by atoms with Crippen molar-refractivity contribution in [2.45, 2.75) is 39.7 Å². The van der Waals surface area contributed by atoms with Gasteiger partial charge in [-0.1, -0.05) is 35.9 Å². The molecular weight excluding hydrogens is 384 g/mol. The first-order chi connectivity index (χ1) is 14.9. The molecule has 2 aromatic carbocycles. The lowest BCUT2D eigenvalue weighted by molar-refractivity contribution is 0.102. The van der Waals surface area contributed by atoms with Crippen LogP contribution < -0.4 is 16.0 Å². The van der Waals surface area contributed by atoms with E-state index < -0.39 is 0 Å². The zero-order chi connectivity index (χ0) is 22.0. The van der Waals surface area contributed by atoms with Crippen LogP contribution in [0.25, 0.3) is 11.1 Å². The van der Waals surface area contributed by atoms with Gasteiger partial charge in [-0.2, -0.15) is 0 Å². The second kappa shape index (κ2) is 8.90. The van der Waals surface area contributed by atoms with Crippen molar-refractivity contribution in [3.8, 4) is 11.1 Å². The van der Waals surface area contributed by atoms with Gasteiger partial charge in [0, 0.05) is 42.8 Å².